The van der Waals surface area contributed by atoms with Crippen molar-refractivity contribution >= 4 is 18.0 Å². The molecule has 26 heavy (non-hydrogen) atoms. The second kappa shape index (κ2) is 9.79. The van der Waals surface area contributed by atoms with Crippen LogP contribution in [0.4, 0.5) is 4.79 Å². The molecular formula is C19H25NO6. The molecule has 2 atom stereocenters. The number of methoxy groups -OCH3 is 2. The third-order valence-corrected chi connectivity index (χ3v) is 4.67. The summed E-state index contributed by atoms with van der Waals surface area (Å²) >= 11 is 0. The van der Waals surface area contributed by atoms with E-state index in [1.54, 1.807) is 4.90 Å². The molecule has 1 fully saturated rings. The van der Waals surface area contributed by atoms with Crippen LogP contribution < -0.4 is 0 Å². The Labute approximate surface area is 153 Å². The van der Waals surface area contributed by atoms with Crippen LogP contribution in [-0.2, 0) is 30.4 Å². The lowest BCUT2D eigenvalue weighted by molar-refractivity contribution is -0.146. The summed E-state index contributed by atoms with van der Waals surface area (Å²) in [5.41, 5.74) is 0.910. The van der Waals surface area contributed by atoms with Gasteiger partial charge in [0.1, 0.15) is 6.61 Å². The van der Waals surface area contributed by atoms with Gasteiger partial charge in [-0.05, 0) is 23.8 Å². The van der Waals surface area contributed by atoms with E-state index in [2.05, 4.69) is 0 Å². The number of likely N-dealkylation sites (tertiary alicyclic amines) is 1. The monoisotopic (exact) mass is 363 g/mol. The Hall–Kier alpha value is -2.57. The molecule has 2 rings (SSSR count). The lowest BCUT2D eigenvalue weighted by Crippen LogP contribution is -2.45. The Balaban J connectivity index is 1.94. The van der Waals surface area contributed by atoms with Crippen LogP contribution in [0.2, 0.25) is 0 Å². The minimum Gasteiger partial charge on any atom is -0.469 e. The Kier molecular flexibility index (Phi) is 7.44. The summed E-state index contributed by atoms with van der Waals surface area (Å²) in [6.45, 7) is 1.03. The van der Waals surface area contributed by atoms with Crippen LogP contribution in [0.3, 0.4) is 0 Å². The third kappa shape index (κ3) is 5.75. The van der Waals surface area contributed by atoms with Crippen molar-refractivity contribution in [3.8, 4) is 0 Å². The lowest BCUT2D eigenvalue weighted by atomic mass is 9.81. The Bertz CT molecular complexity index is 618. The number of esters is 2. The Morgan fingerprint density at radius 3 is 2.23 bits per heavy atom. The van der Waals surface area contributed by atoms with E-state index in [4.69, 9.17) is 14.2 Å². The first kappa shape index (κ1) is 19.8. The number of piperidine rings is 1. The van der Waals surface area contributed by atoms with Crippen LogP contribution >= 0.6 is 0 Å². The van der Waals surface area contributed by atoms with Crippen LogP contribution in [0, 0.1) is 11.8 Å². The van der Waals surface area contributed by atoms with Gasteiger partial charge >= 0.3 is 18.0 Å². The van der Waals surface area contributed by atoms with E-state index < -0.39 is 6.09 Å². The first-order valence-electron chi connectivity index (χ1n) is 8.62. The number of hydrogen-bond donors (Lipinski definition) is 0. The number of carbonyl (C=O) groups is 3. The minimum atomic E-state index is -0.416. The number of rotatable bonds is 6. The van der Waals surface area contributed by atoms with Crippen molar-refractivity contribution in [2.24, 2.45) is 11.8 Å². The molecule has 0 radical (unpaired) electrons. The fraction of sp³-hybridized carbons (Fsp3) is 0.526. The predicted molar refractivity (Wildman–Crippen MR) is 93.1 cm³/mol. The molecule has 0 bridgehead atoms. The van der Waals surface area contributed by atoms with Crippen LogP contribution in [0.1, 0.15) is 24.8 Å². The van der Waals surface area contributed by atoms with Crippen molar-refractivity contribution in [1.82, 2.24) is 4.90 Å². The predicted octanol–water partition coefficient (Wildman–Crippen LogP) is 2.39. The summed E-state index contributed by atoms with van der Waals surface area (Å²) < 4.78 is 14.8. The molecule has 0 aliphatic carbocycles. The van der Waals surface area contributed by atoms with E-state index >= 15 is 0 Å². The van der Waals surface area contributed by atoms with Crippen molar-refractivity contribution in [2.75, 3.05) is 27.3 Å². The molecule has 0 spiro atoms. The third-order valence-electron chi connectivity index (χ3n) is 4.67. The van der Waals surface area contributed by atoms with Crippen molar-refractivity contribution in [3.05, 3.63) is 35.9 Å². The number of nitrogens with zero attached hydrogens (tertiary/aromatic N) is 1. The molecule has 7 nitrogen and oxygen atoms in total. The van der Waals surface area contributed by atoms with Gasteiger partial charge in [-0.15, -0.1) is 0 Å². The van der Waals surface area contributed by atoms with Gasteiger partial charge in [0.2, 0.25) is 0 Å². The van der Waals surface area contributed by atoms with Gasteiger partial charge in [-0.1, -0.05) is 30.3 Å². The average Bonchev–Trinajstić information content (AvgIpc) is 2.67. The molecular weight excluding hydrogens is 338 g/mol. The molecule has 1 saturated heterocycles. The van der Waals surface area contributed by atoms with Crippen LogP contribution in [0.5, 0.6) is 0 Å². The van der Waals surface area contributed by atoms with Crippen molar-refractivity contribution in [3.63, 3.8) is 0 Å². The zero-order valence-electron chi connectivity index (χ0n) is 15.2. The molecule has 1 amide bonds. The summed E-state index contributed by atoms with van der Waals surface area (Å²) in [5.74, 6) is -0.867. The topological polar surface area (TPSA) is 82.1 Å². The van der Waals surface area contributed by atoms with Crippen molar-refractivity contribution in [1.29, 1.82) is 0 Å². The maximum atomic E-state index is 12.4. The maximum Gasteiger partial charge on any atom is 0.410 e. The number of carbonyl (C=O) groups excluding carboxylic acids is 3. The summed E-state index contributed by atoms with van der Waals surface area (Å²) in [4.78, 5) is 37.2. The zero-order valence-corrected chi connectivity index (χ0v) is 15.2. The first-order chi connectivity index (χ1) is 12.5. The molecule has 0 aromatic heterocycles. The van der Waals surface area contributed by atoms with Crippen LogP contribution in [-0.4, -0.2) is 50.2 Å². The van der Waals surface area contributed by atoms with Gasteiger partial charge in [-0.25, -0.2) is 4.79 Å². The zero-order chi connectivity index (χ0) is 18.9. The van der Waals surface area contributed by atoms with Gasteiger partial charge in [-0.3, -0.25) is 9.59 Å². The lowest BCUT2D eigenvalue weighted by Gasteiger charge is -2.37. The maximum absolute atomic E-state index is 12.4. The summed E-state index contributed by atoms with van der Waals surface area (Å²) in [6, 6.07) is 9.43. The largest absolute Gasteiger partial charge is 0.469 e. The molecule has 0 saturated carbocycles. The molecule has 1 heterocycles. The summed E-state index contributed by atoms with van der Waals surface area (Å²) in [5, 5.41) is 0. The van der Waals surface area contributed by atoms with E-state index in [1.807, 2.05) is 30.3 Å². The normalized spacial score (nSPS) is 19.5. The number of amides is 1. The summed E-state index contributed by atoms with van der Waals surface area (Å²) in [7, 11) is 2.67. The molecule has 0 N–H and O–H groups in total. The van der Waals surface area contributed by atoms with Gasteiger partial charge in [0.05, 0.1) is 20.6 Å². The Morgan fingerprint density at radius 1 is 1.00 bits per heavy atom. The van der Waals surface area contributed by atoms with E-state index in [-0.39, 0.29) is 43.2 Å². The molecule has 142 valence electrons. The number of ether oxygens (including phenoxy) is 3. The highest BCUT2D eigenvalue weighted by Gasteiger charge is 2.35. The quantitative estimate of drug-likeness (QED) is 0.570. The van der Waals surface area contributed by atoms with Crippen molar-refractivity contribution in [2.45, 2.75) is 25.9 Å². The van der Waals surface area contributed by atoms with Crippen molar-refractivity contribution < 1.29 is 28.6 Å². The summed E-state index contributed by atoms with van der Waals surface area (Å²) in [6.07, 6.45) is 0.573. The molecule has 1 aliphatic rings. The highest BCUT2D eigenvalue weighted by Crippen LogP contribution is 2.30. The highest BCUT2D eigenvalue weighted by molar-refractivity contribution is 5.72. The van der Waals surface area contributed by atoms with Gasteiger partial charge in [0.15, 0.2) is 0 Å². The standard InChI is InChI=1S/C19H25NO6/c1-24-17(21)10-15-8-9-20(12-16(15)11-18(22)25-2)19(23)26-13-14-6-4-3-5-7-14/h3-7,15-16H,8-13H2,1-2H3/t15-,16-/m0/s1. The van der Waals surface area contributed by atoms with E-state index in [0.717, 1.165) is 5.56 Å². The van der Waals surface area contributed by atoms with E-state index in [0.29, 0.717) is 19.5 Å². The SMILES string of the molecule is COC(=O)C[C@@H]1CCN(C(=O)OCc2ccccc2)C[C@@H]1CC(=O)OC. The Morgan fingerprint density at radius 2 is 1.62 bits per heavy atom. The molecule has 7 heteroatoms. The van der Waals surface area contributed by atoms with Crippen LogP contribution in [0.25, 0.3) is 0 Å². The second-order valence-electron chi connectivity index (χ2n) is 6.36. The molecule has 1 aromatic rings. The molecule has 1 aromatic carbocycles. The minimum absolute atomic E-state index is 0.0280. The number of benzene rings is 1. The number of hydrogen-bond acceptors (Lipinski definition) is 6. The van der Waals surface area contributed by atoms with Gasteiger partial charge < -0.3 is 19.1 Å². The fourth-order valence-electron chi connectivity index (χ4n) is 3.15. The second-order valence-corrected chi connectivity index (χ2v) is 6.36. The highest BCUT2D eigenvalue weighted by atomic mass is 16.6. The van der Waals surface area contributed by atoms with Gasteiger partial charge in [-0.2, -0.15) is 0 Å². The van der Waals surface area contributed by atoms with E-state index in [9.17, 15) is 14.4 Å². The fourth-order valence-corrected chi connectivity index (χ4v) is 3.15. The van der Waals surface area contributed by atoms with E-state index in [1.165, 1.54) is 14.2 Å². The van der Waals surface area contributed by atoms with Crippen LogP contribution in [0.15, 0.2) is 30.3 Å². The van der Waals surface area contributed by atoms with Gasteiger partial charge in [0, 0.05) is 19.5 Å². The molecule has 1 aliphatic heterocycles. The average molecular weight is 363 g/mol. The smallest absolute Gasteiger partial charge is 0.410 e. The first-order valence-corrected chi connectivity index (χ1v) is 8.62. The molecule has 0 unspecified atom stereocenters. The van der Waals surface area contributed by atoms with Gasteiger partial charge in [0.25, 0.3) is 0 Å².